The minimum Gasteiger partial charge on any atom is -0.481 e. The largest absolute Gasteiger partial charge is 0.481 e. The van der Waals surface area contributed by atoms with E-state index in [1.165, 1.54) is 30.7 Å². The Morgan fingerprint density at radius 3 is 1.71 bits per heavy atom. The maximum Gasteiger partial charge on any atom is 0.333 e. The van der Waals surface area contributed by atoms with Gasteiger partial charge in [-0.1, -0.05) is 41.5 Å². The number of methoxy groups -OCH3 is 3. The molecule has 0 saturated heterocycles. The molecule has 2 aliphatic rings. The van der Waals surface area contributed by atoms with Crippen molar-refractivity contribution in [1.29, 1.82) is 0 Å². The van der Waals surface area contributed by atoms with Gasteiger partial charge in [-0.25, -0.2) is 50.2 Å². The van der Waals surface area contributed by atoms with E-state index in [1.54, 1.807) is 17.8 Å². The van der Waals surface area contributed by atoms with E-state index < -0.39 is 32.1 Å². The number of hydrogen-bond donors (Lipinski definition) is 4. The van der Waals surface area contributed by atoms with Crippen LogP contribution < -0.4 is 34.3 Å². The maximum atomic E-state index is 13.6. The molecular weight excluding hydrogens is 851 g/mol. The second-order valence-corrected chi connectivity index (χ2v) is 19.2. The number of ether oxygens (including phenoxy) is 5. The summed E-state index contributed by atoms with van der Waals surface area (Å²) >= 11 is 0. The predicted octanol–water partition coefficient (Wildman–Crippen LogP) is 3.99. The van der Waals surface area contributed by atoms with Gasteiger partial charge in [-0.2, -0.15) is 15.3 Å². The van der Waals surface area contributed by atoms with E-state index in [4.69, 9.17) is 28.8 Å². The molecule has 0 radical (unpaired) electrons. The molecule has 6 heterocycles. The second kappa shape index (κ2) is 18.5. The maximum absolute atomic E-state index is 13.6. The van der Waals surface area contributed by atoms with Crippen LogP contribution in [0.4, 0.5) is 21.0 Å². The lowest BCUT2D eigenvalue weighted by molar-refractivity contribution is 0.0165. The van der Waals surface area contributed by atoms with Crippen LogP contribution in [-0.4, -0.2) is 110 Å². The molecule has 0 spiro atoms. The van der Waals surface area contributed by atoms with Crippen molar-refractivity contribution in [2.75, 3.05) is 45.2 Å². The Balaban J connectivity index is 1.20. The number of hydrogen-bond acceptors (Lipinski definition) is 15. The van der Waals surface area contributed by atoms with E-state index in [0.29, 0.717) is 52.7 Å². The van der Waals surface area contributed by atoms with Gasteiger partial charge in [-0.05, 0) is 36.2 Å². The highest BCUT2D eigenvalue weighted by molar-refractivity contribution is 7.90. The summed E-state index contributed by atoms with van der Waals surface area (Å²) in [7, 11) is -2.56. The molecule has 24 heteroatoms. The molecule has 6 rings (SSSR count). The van der Waals surface area contributed by atoms with Crippen LogP contribution in [0, 0.1) is 0 Å². The lowest BCUT2D eigenvalue weighted by Crippen LogP contribution is -2.36. The predicted molar refractivity (Wildman–Crippen MR) is 224 cm³/mol. The van der Waals surface area contributed by atoms with Crippen LogP contribution in [-0.2, 0) is 49.7 Å². The number of pyridine rings is 1. The summed E-state index contributed by atoms with van der Waals surface area (Å²) in [6, 6.07) is -0.301. The molecule has 0 aliphatic carbocycles. The highest BCUT2D eigenvalue weighted by Crippen LogP contribution is 2.40. The number of aromatic nitrogens is 7. The van der Waals surface area contributed by atoms with Crippen LogP contribution >= 0.6 is 0 Å². The van der Waals surface area contributed by atoms with Gasteiger partial charge in [0.15, 0.2) is 9.79 Å². The Bertz CT molecular complexity index is 2520. The summed E-state index contributed by atoms with van der Waals surface area (Å²) in [6.45, 7) is 12.3. The van der Waals surface area contributed by atoms with Gasteiger partial charge in [0.2, 0.25) is 17.6 Å². The number of fused-ring (bicyclic) bond motifs is 2. The highest BCUT2D eigenvalue weighted by atomic mass is 32.2. The summed E-state index contributed by atoms with van der Waals surface area (Å²) in [6.07, 6.45) is 2.69. The Morgan fingerprint density at radius 1 is 0.758 bits per heavy atom. The number of carbonyl (C=O) groups excluding carboxylic acids is 2. The molecule has 0 fully saturated rings. The molecule has 4 atom stereocenters. The molecule has 0 saturated carbocycles. The number of amides is 4. The van der Waals surface area contributed by atoms with Gasteiger partial charge in [0, 0.05) is 33.3 Å². The van der Waals surface area contributed by atoms with Crippen molar-refractivity contribution in [3.05, 3.63) is 41.1 Å². The number of urea groups is 2. The monoisotopic (exact) mass is 905 g/mol. The molecule has 0 aromatic carbocycles. The zero-order valence-electron chi connectivity index (χ0n) is 36.4. The van der Waals surface area contributed by atoms with E-state index in [-0.39, 0.29) is 83.7 Å². The third kappa shape index (κ3) is 9.61. The van der Waals surface area contributed by atoms with Gasteiger partial charge >= 0.3 is 12.1 Å². The van der Waals surface area contributed by atoms with E-state index in [9.17, 15) is 26.4 Å². The number of nitrogens with one attached hydrogen (secondary N) is 4. The van der Waals surface area contributed by atoms with Gasteiger partial charge in [0.05, 0.1) is 61.0 Å². The van der Waals surface area contributed by atoms with Gasteiger partial charge in [-0.3, -0.25) is 4.68 Å². The molecule has 340 valence electrons. The van der Waals surface area contributed by atoms with E-state index in [0.717, 1.165) is 12.4 Å². The second-order valence-electron chi connectivity index (χ2n) is 15.9. The average Bonchev–Trinajstić information content (AvgIpc) is 3.94. The van der Waals surface area contributed by atoms with Crippen LogP contribution in [0.15, 0.2) is 28.3 Å². The minimum absolute atomic E-state index is 0.00160. The summed E-state index contributed by atoms with van der Waals surface area (Å²) in [5.74, 6) is -0.534. The van der Waals surface area contributed by atoms with Crippen LogP contribution in [0.25, 0.3) is 0 Å². The van der Waals surface area contributed by atoms with E-state index >= 15 is 0 Å². The molecule has 62 heavy (non-hydrogen) atoms. The highest BCUT2D eigenvalue weighted by Gasteiger charge is 2.34. The number of aryl methyl sites for hydroxylation is 1. The summed E-state index contributed by atoms with van der Waals surface area (Å²) < 4.78 is 89.8. The Morgan fingerprint density at radius 2 is 1.24 bits per heavy atom. The van der Waals surface area contributed by atoms with Crippen LogP contribution in [0.2, 0.25) is 0 Å². The summed E-state index contributed by atoms with van der Waals surface area (Å²) in [5, 5.41) is 18.4. The first-order valence-corrected chi connectivity index (χ1v) is 23.0. The van der Waals surface area contributed by atoms with Gasteiger partial charge in [0.25, 0.3) is 20.0 Å². The first kappa shape index (κ1) is 46.1. The smallest absolute Gasteiger partial charge is 0.333 e. The van der Waals surface area contributed by atoms with Crippen LogP contribution in [0.5, 0.6) is 17.6 Å². The SMILES string of the molecule is COc1cc(C(C)CCC(C)c2c(NC(=O)NS(=O)(=O)c3cnn4c3OC[C@@H](OC)C4)c(C(C)C)nn2C)c(NC(=O)NS(=O)(=O)c2cnn3c2OC[C@@H](OC)C3)c(C(C)C)n1. The van der Waals surface area contributed by atoms with Crippen molar-refractivity contribution in [3.63, 3.8) is 0 Å². The van der Waals surface area contributed by atoms with Crippen molar-refractivity contribution in [3.8, 4) is 17.6 Å². The van der Waals surface area contributed by atoms with E-state index in [1.807, 2.05) is 41.5 Å². The lowest BCUT2D eigenvalue weighted by atomic mass is 9.88. The molecule has 2 aliphatic heterocycles. The molecule has 22 nitrogen and oxygen atoms in total. The number of sulfonamides is 2. The third-order valence-corrected chi connectivity index (χ3v) is 13.4. The average molecular weight is 906 g/mol. The van der Waals surface area contributed by atoms with Crippen LogP contribution in [0.1, 0.15) is 101 Å². The van der Waals surface area contributed by atoms with E-state index in [2.05, 4.69) is 35.3 Å². The van der Waals surface area contributed by atoms with Crippen molar-refractivity contribution >= 4 is 43.5 Å². The zero-order valence-corrected chi connectivity index (χ0v) is 38.0. The van der Waals surface area contributed by atoms with Crippen molar-refractivity contribution in [2.45, 2.75) is 113 Å². The van der Waals surface area contributed by atoms with Crippen molar-refractivity contribution in [2.24, 2.45) is 7.05 Å². The standard InChI is InChI=1S/C38H55N11O11S2/c1-20(2)30-32(42-37(50)45-61(52,53)27-14-39-48-16-24(56-8)18-59-35(27)48)26(13-29(41-30)58-10)22(5)11-12-23(6)34-33(31(21(3)4)44-47(34)7)43-38(51)46-62(54,55)28-15-40-49-17-25(57-9)19-60-36(28)49/h13-15,20-25H,11-12,16-19H2,1-10H3,(H2,42,45,50)(H2,43,46,51)/t22?,23?,24-,25-/m0/s1. The molecule has 4 amide bonds. The number of rotatable bonds is 16. The first-order chi connectivity index (χ1) is 29.3. The Hall–Kier alpha value is -5.46. The summed E-state index contributed by atoms with van der Waals surface area (Å²) in [5.41, 5.74) is 3.05. The van der Waals surface area contributed by atoms with Crippen LogP contribution in [0.3, 0.4) is 0 Å². The molecule has 0 bridgehead atoms. The van der Waals surface area contributed by atoms with Gasteiger partial charge < -0.3 is 34.3 Å². The molecule has 4 N–H and O–H groups in total. The summed E-state index contributed by atoms with van der Waals surface area (Å²) in [4.78, 5) is 31.1. The van der Waals surface area contributed by atoms with Crippen molar-refractivity contribution in [1.82, 2.24) is 43.8 Å². The molecule has 2 unspecified atom stereocenters. The number of nitrogens with zero attached hydrogens (tertiary/aromatic N) is 7. The minimum atomic E-state index is -4.43. The number of carbonyl (C=O) groups is 2. The normalized spacial score (nSPS) is 17.4. The molecule has 4 aromatic rings. The molecular formula is C38H55N11O11S2. The topological polar surface area (TPSA) is 263 Å². The Labute approximate surface area is 360 Å². The lowest BCUT2D eigenvalue weighted by Gasteiger charge is -2.24. The fourth-order valence-corrected chi connectivity index (χ4v) is 9.41. The van der Waals surface area contributed by atoms with Crippen molar-refractivity contribution < 1.29 is 50.1 Å². The zero-order chi connectivity index (χ0) is 45.3. The third-order valence-electron chi connectivity index (χ3n) is 10.8. The van der Waals surface area contributed by atoms with Gasteiger partial charge in [0.1, 0.15) is 25.4 Å². The quantitative estimate of drug-likeness (QED) is 0.124. The fraction of sp³-hybridized carbons (Fsp3) is 0.579. The Kier molecular flexibility index (Phi) is 13.7. The molecule has 4 aromatic heterocycles. The van der Waals surface area contributed by atoms with Gasteiger partial charge in [-0.15, -0.1) is 0 Å². The fourth-order valence-electron chi connectivity index (χ4n) is 7.44. The number of anilines is 2. The first-order valence-electron chi connectivity index (χ1n) is 20.0.